The molecule has 4 rings (SSSR count). The molecule has 1 aromatic heterocycles. The number of nitrogens with zero attached hydrogens (tertiary/aromatic N) is 4. The van der Waals surface area contributed by atoms with Crippen LogP contribution >= 0.6 is 35.3 Å². The lowest BCUT2D eigenvalue weighted by Crippen LogP contribution is -2.62. The summed E-state index contributed by atoms with van der Waals surface area (Å²) in [7, 11) is 4.18. The summed E-state index contributed by atoms with van der Waals surface area (Å²) in [5.41, 5.74) is 0.285. The van der Waals surface area contributed by atoms with E-state index in [4.69, 9.17) is 0 Å². The molecular weight excluding hydrogens is 519 g/mol. The van der Waals surface area contributed by atoms with E-state index in [1.54, 1.807) is 0 Å². The highest BCUT2D eigenvalue weighted by Gasteiger charge is 2.39. The van der Waals surface area contributed by atoms with Crippen molar-refractivity contribution < 1.29 is 0 Å². The van der Waals surface area contributed by atoms with Gasteiger partial charge in [0.05, 0.1) is 5.00 Å². The Labute approximate surface area is 209 Å². The van der Waals surface area contributed by atoms with Crippen LogP contribution in [0.15, 0.2) is 22.5 Å². The van der Waals surface area contributed by atoms with Gasteiger partial charge in [0.25, 0.3) is 0 Å². The number of piperidine rings is 3. The van der Waals surface area contributed by atoms with Crippen molar-refractivity contribution in [1.82, 2.24) is 20.4 Å². The van der Waals surface area contributed by atoms with Crippen LogP contribution in [-0.2, 0) is 0 Å². The molecule has 2 N–H and O–H groups in total. The number of hydrogen-bond acceptors (Lipinski definition) is 5. The number of guanidine groups is 1. The minimum absolute atomic E-state index is 0. The third-order valence-electron chi connectivity index (χ3n) is 7.41. The fourth-order valence-electron chi connectivity index (χ4n) is 5.34. The topological polar surface area (TPSA) is 46.1 Å². The maximum Gasteiger partial charge on any atom is 0.191 e. The van der Waals surface area contributed by atoms with Gasteiger partial charge >= 0.3 is 0 Å². The molecule has 3 fully saturated rings. The first kappa shape index (κ1) is 25.1. The van der Waals surface area contributed by atoms with Gasteiger partial charge in [0.15, 0.2) is 5.96 Å². The lowest BCUT2D eigenvalue weighted by atomic mass is 9.84. The van der Waals surface area contributed by atoms with E-state index in [0.29, 0.717) is 6.04 Å². The number of aliphatic imine (C=N–C) groups is 1. The van der Waals surface area contributed by atoms with Gasteiger partial charge in [-0.2, -0.15) is 0 Å². The van der Waals surface area contributed by atoms with Crippen LogP contribution in [0.4, 0.5) is 5.00 Å². The molecule has 0 saturated carbocycles. The summed E-state index contributed by atoms with van der Waals surface area (Å²) in [5, 5.41) is 11.0. The molecule has 176 valence electrons. The van der Waals surface area contributed by atoms with E-state index in [0.717, 1.165) is 25.6 Å². The molecule has 4 heterocycles. The summed E-state index contributed by atoms with van der Waals surface area (Å²) in [6.07, 6.45) is 8.95. The first-order chi connectivity index (χ1) is 14.7. The molecule has 3 aliphatic rings. The van der Waals surface area contributed by atoms with E-state index >= 15 is 0 Å². The van der Waals surface area contributed by atoms with Crippen LogP contribution in [0.2, 0.25) is 0 Å². The normalized spacial score (nSPS) is 23.9. The summed E-state index contributed by atoms with van der Waals surface area (Å²) in [4.78, 5) is 12.4. The van der Waals surface area contributed by atoms with E-state index < -0.39 is 0 Å². The fourth-order valence-corrected chi connectivity index (χ4v) is 6.12. The number of thiophene rings is 1. The maximum absolute atomic E-state index is 4.58. The maximum atomic E-state index is 4.58. The molecule has 0 spiro atoms. The van der Waals surface area contributed by atoms with Crippen LogP contribution < -0.4 is 15.5 Å². The summed E-state index contributed by atoms with van der Waals surface area (Å²) >= 11 is 1.85. The average Bonchev–Trinajstić information content (AvgIpc) is 3.34. The molecule has 6 nitrogen and oxygen atoms in total. The highest BCUT2D eigenvalue weighted by molar-refractivity contribution is 14.0. The van der Waals surface area contributed by atoms with Gasteiger partial charge in [-0.05, 0) is 89.3 Å². The van der Waals surface area contributed by atoms with Crippen molar-refractivity contribution in [2.75, 3.05) is 64.8 Å². The van der Waals surface area contributed by atoms with Crippen molar-refractivity contribution in [1.29, 1.82) is 0 Å². The second-order valence-corrected chi connectivity index (χ2v) is 10.3. The second kappa shape index (κ2) is 12.0. The summed E-state index contributed by atoms with van der Waals surface area (Å²) in [6.45, 7) is 8.18. The molecule has 0 unspecified atom stereocenters. The van der Waals surface area contributed by atoms with Gasteiger partial charge in [-0.15, -0.1) is 35.3 Å². The van der Waals surface area contributed by atoms with Crippen LogP contribution in [0.5, 0.6) is 0 Å². The Morgan fingerprint density at radius 1 is 1.10 bits per heavy atom. The number of halogens is 1. The first-order valence-electron chi connectivity index (χ1n) is 11.9. The first-order valence-corrected chi connectivity index (χ1v) is 12.8. The molecule has 3 saturated heterocycles. The van der Waals surface area contributed by atoms with Gasteiger partial charge < -0.3 is 20.4 Å². The quantitative estimate of drug-likeness (QED) is 0.328. The number of hydrogen-bond donors (Lipinski definition) is 2. The predicted octanol–water partition coefficient (Wildman–Crippen LogP) is 3.45. The van der Waals surface area contributed by atoms with Gasteiger partial charge in [-0.1, -0.05) is 6.42 Å². The smallest absolute Gasteiger partial charge is 0.191 e. The van der Waals surface area contributed by atoms with Crippen molar-refractivity contribution in [3.05, 3.63) is 17.5 Å². The molecule has 0 aromatic carbocycles. The Morgan fingerprint density at radius 2 is 1.81 bits per heavy atom. The van der Waals surface area contributed by atoms with Crippen molar-refractivity contribution in [3.8, 4) is 0 Å². The van der Waals surface area contributed by atoms with E-state index in [2.05, 4.69) is 54.9 Å². The van der Waals surface area contributed by atoms with Crippen molar-refractivity contribution >= 4 is 46.3 Å². The van der Waals surface area contributed by atoms with Crippen LogP contribution in [0.3, 0.4) is 0 Å². The van der Waals surface area contributed by atoms with Gasteiger partial charge in [0, 0.05) is 38.3 Å². The van der Waals surface area contributed by atoms with Crippen LogP contribution in [0.1, 0.15) is 44.9 Å². The molecule has 0 amide bonds. The van der Waals surface area contributed by atoms with Gasteiger partial charge in [0.1, 0.15) is 0 Å². The molecule has 3 aliphatic heterocycles. The molecule has 8 heteroatoms. The average molecular weight is 561 g/mol. The Hall–Kier alpha value is -0.580. The lowest BCUT2D eigenvalue weighted by molar-refractivity contribution is 0.0173. The Balaban J connectivity index is 0.00000272. The second-order valence-electron chi connectivity index (χ2n) is 9.36. The fraction of sp³-hybridized carbons (Fsp3) is 0.783. The van der Waals surface area contributed by atoms with Crippen molar-refractivity contribution in [3.63, 3.8) is 0 Å². The Bertz CT molecular complexity index is 660. The molecule has 31 heavy (non-hydrogen) atoms. The van der Waals surface area contributed by atoms with E-state index in [-0.39, 0.29) is 29.5 Å². The zero-order valence-corrected chi connectivity index (χ0v) is 22.5. The highest BCUT2D eigenvalue weighted by atomic mass is 127. The number of likely N-dealkylation sites (tertiary alicyclic amines) is 2. The third-order valence-corrected chi connectivity index (χ3v) is 8.34. The molecule has 0 aliphatic carbocycles. The minimum atomic E-state index is 0. The minimum Gasteiger partial charge on any atom is -0.363 e. The molecular formula is C23H41IN6S. The van der Waals surface area contributed by atoms with Crippen LogP contribution in [0.25, 0.3) is 0 Å². The number of rotatable bonds is 5. The molecule has 1 aromatic rings. The summed E-state index contributed by atoms with van der Waals surface area (Å²) < 4.78 is 0. The van der Waals surface area contributed by atoms with E-state index in [1.807, 2.05) is 18.4 Å². The predicted molar refractivity (Wildman–Crippen MR) is 144 cm³/mol. The Kier molecular flexibility index (Phi) is 9.73. The van der Waals surface area contributed by atoms with Crippen LogP contribution in [-0.4, -0.2) is 87.2 Å². The Morgan fingerprint density at radius 3 is 2.42 bits per heavy atom. The monoisotopic (exact) mass is 560 g/mol. The van der Waals surface area contributed by atoms with Crippen molar-refractivity contribution in [2.24, 2.45) is 4.99 Å². The highest BCUT2D eigenvalue weighted by Crippen LogP contribution is 2.31. The van der Waals surface area contributed by atoms with E-state index in [1.165, 1.54) is 76.1 Å². The molecule has 0 bridgehead atoms. The lowest BCUT2D eigenvalue weighted by Gasteiger charge is -2.50. The zero-order valence-electron chi connectivity index (χ0n) is 19.3. The van der Waals surface area contributed by atoms with Gasteiger partial charge in [-0.25, -0.2) is 0 Å². The standard InChI is InChI=1S/C23H40N6S.HI/c1-24-22(26-20-8-14-28(15-9-20)21-7-6-18-30-21)25-19-23(10-16-27(2)17-11-23)29-12-4-3-5-13-29;/h6-7,18,20H,3-5,8-17,19H2,1-2H3,(H2,24,25,26);1H. The SMILES string of the molecule is CN=C(NCC1(N2CCCCC2)CCN(C)CC1)NC1CCN(c2cccs2)CC1.I. The number of anilines is 1. The summed E-state index contributed by atoms with van der Waals surface area (Å²) in [6, 6.07) is 4.90. The molecule has 0 atom stereocenters. The van der Waals surface area contributed by atoms with Crippen LogP contribution in [0, 0.1) is 0 Å². The summed E-state index contributed by atoms with van der Waals surface area (Å²) in [5.74, 6) is 0.986. The number of nitrogens with one attached hydrogen (secondary N) is 2. The van der Waals surface area contributed by atoms with Crippen molar-refractivity contribution in [2.45, 2.75) is 56.5 Å². The van der Waals surface area contributed by atoms with Gasteiger partial charge in [-0.3, -0.25) is 9.89 Å². The largest absolute Gasteiger partial charge is 0.363 e. The third kappa shape index (κ3) is 6.48. The van der Waals surface area contributed by atoms with Gasteiger partial charge in [0.2, 0.25) is 0 Å². The molecule has 0 radical (unpaired) electrons. The zero-order chi connectivity index (χ0) is 20.8. The van der Waals surface area contributed by atoms with E-state index in [9.17, 15) is 0 Å².